The fourth-order valence-corrected chi connectivity index (χ4v) is 3.30. The number of furan rings is 4. The number of rotatable bonds is 6. The molecule has 0 saturated carbocycles. The number of nitro benzene ring substituents is 1. The molecule has 9 nitrogen and oxygen atoms in total. The molecule has 9 heteroatoms. The van der Waals surface area contributed by atoms with Crippen LogP contribution in [0.1, 0.15) is 11.3 Å². The first-order valence-electron chi connectivity index (χ1n) is 9.67. The monoisotopic (exact) mass is 439 g/mol. The number of nitro groups is 1. The summed E-state index contributed by atoms with van der Waals surface area (Å²) in [7, 11) is 0. The van der Waals surface area contributed by atoms with Crippen LogP contribution in [-0.2, 0) is 0 Å². The van der Waals surface area contributed by atoms with Crippen LogP contribution in [0.5, 0.6) is 0 Å². The second-order valence-electron chi connectivity index (χ2n) is 6.82. The predicted octanol–water partition coefficient (Wildman–Crippen LogP) is 6.59. The summed E-state index contributed by atoms with van der Waals surface area (Å²) in [5.41, 5.74) is 1.30. The Bertz CT molecular complexity index is 1480. The van der Waals surface area contributed by atoms with Crippen molar-refractivity contribution in [3.05, 3.63) is 94.6 Å². The Balaban J connectivity index is 1.49. The van der Waals surface area contributed by atoms with Gasteiger partial charge < -0.3 is 17.7 Å². The van der Waals surface area contributed by atoms with E-state index in [1.165, 1.54) is 30.9 Å². The average Bonchev–Trinajstić information content (AvgIpc) is 3.63. The third-order valence-corrected chi connectivity index (χ3v) is 4.81. The topological polar surface area (TPSA) is 132 Å². The van der Waals surface area contributed by atoms with Crippen LogP contribution in [0.15, 0.2) is 95.9 Å². The van der Waals surface area contributed by atoms with E-state index in [-0.39, 0.29) is 17.1 Å². The van der Waals surface area contributed by atoms with Gasteiger partial charge in [0.05, 0.1) is 29.2 Å². The largest absolute Gasteiger partial charge is 0.464 e. The molecule has 0 saturated heterocycles. The molecule has 0 radical (unpaired) electrons. The van der Waals surface area contributed by atoms with Crippen molar-refractivity contribution in [2.24, 2.45) is 4.99 Å². The van der Waals surface area contributed by atoms with Crippen LogP contribution in [0.3, 0.4) is 0 Å². The highest BCUT2D eigenvalue weighted by atomic mass is 16.6. The van der Waals surface area contributed by atoms with Gasteiger partial charge in [0.25, 0.3) is 5.69 Å². The Morgan fingerprint density at radius 2 is 1.64 bits per heavy atom. The predicted molar refractivity (Wildman–Crippen MR) is 117 cm³/mol. The van der Waals surface area contributed by atoms with E-state index in [2.05, 4.69) is 11.1 Å². The van der Waals surface area contributed by atoms with E-state index in [1.54, 1.807) is 48.5 Å². The maximum Gasteiger partial charge on any atom is 0.269 e. The summed E-state index contributed by atoms with van der Waals surface area (Å²) in [5, 5.41) is 20.6. The molecular weight excluding hydrogens is 426 g/mol. The quantitative estimate of drug-likeness (QED) is 0.166. The van der Waals surface area contributed by atoms with Gasteiger partial charge in [-0.05, 0) is 48.5 Å². The molecule has 160 valence electrons. The molecule has 1 aromatic carbocycles. The molecule has 0 atom stereocenters. The molecule has 0 unspecified atom stereocenters. The number of hydrogen-bond acceptors (Lipinski definition) is 8. The smallest absolute Gasteiger partial charge is 0.269 e. The van der Waals surface area contributed by atoms with E-state index in [0.717, 1.165) is 0 Å². The second kappa shape index (κ2) is 8.20. The van der Waals surface area contributed by atoms with E-state index in [0.29, 0.717) is 39.9 Å². The first kappa shape index (κ1) is 19.8. The van der Waals surface area contributed by atoms with Crippen LogP contribution in [0.4, 0.5) is 11.6 Å². The zero-order valence-corrected chi connectivity index (χ0v) is 16.8. The maximum atomic E-state index is 10.8. The summed E-state index contributed by atoms with van der Waals surface area (Å²) in [6.45, 7) is 0. The minimum atomic E-state index is -0.464. The van der Waals surface area contributed by atoms with Crippen molar-refractivity contribution >= 4 is 17.8 Å². The normalized spacial score (nSPS) is 11.1. The lowest BCUT2D eigenvalue weighted by Gasteiger charge is -1.96. The molecule has 0 spiro atoms. The molecule has 0 N–H and O–H groups in total. The molecule has 0 fully saturated rings. The van der Waals surface area contributed by atoms with Gasteiger partial charge in [0.1, 0.15) is 28.9 Å². The van der Waals surface area contributed by atoms with Crippen molar-refractivity contribution in [2.75, 3.05) is 0 Å². The van der Waals surface area contributed by atoms with Crippen molar-refractivity contribution in [2.45, 2.75) is 0 Å². The lowest BCUT2D eigenvalue weighted by molar-refractivity contribution is -0.384. The SMILES string of the molecule is N#Cc1c(N=Cc2ccc(-c3ccc([N+](=O)[O-])cc3)o2)oc(-c2ccco2)c1-c1ccco1. The van der Waals surface area contributed by atoms with Gasteiger partial charge in [0.15, 0.2) is 11.5 Å². The molecule has 0 bridgehead atoms. The van der Waals surface area contributed by atoms with Gasteiger partial charge in [0, 0.05) is 17.7 Å². The van der Waals surface area contributed by atoms with Gasteiger partial charge in [0.2, 0.25) is 5.88 Å². The first-order chi connectivity index (χ1) is 16.1. The average molecular weight is 439 g/mol. The Morgan fingerprint density at radius 1 is 0.909 bits per heavy atom. The van der Waals surface area contributed by atoms with Crippen molar-refractivity contribution in [1.29, 1.82) is 5.26 Å². The summed E-state index contributed by atoms with van der Waals surface area (Å²) in [6, 6.07) is 18.4. The molecule has 33 heavy (non-hydrogen) atoms. The number of hydrogen-bond donors (Lipinski definition) is 0. The number of benzene rings is 1. The zero-order valence-electron chi connectivity index (χ0n) is 16.8. The fraction of sp³-hybridized carbons (Fsp3) is 0. The third kappa shape index (κ3) is 3.73. The number of aliphatic imine (C=N–C) groups is 1. The fourth-order valence-electron chi connectivity index (χ4n) is 3.30. The summed E-state index contributed by atoms with van der Waals surface area (Å²) < 4.78 is 22.6. The molecular formula is C24H13N3O6. The van der Waals surface area contributed by atoms with E-state index in [1.807, 2.05) is 0 Å². The van der Waals surface area contributed by atoms with Crippen molar-refractivity contribution in [3.8, 4) is 40.2 Å². The minimum Gasteiger partial charge on any atom is -0.464 e. The first-order valence-corrected chi connectivity index (χ1v) is 9.67. The number of nitriles is 1. The summed E-state index contributed by atoms with van der Waals surface area (Å²) in [6.07, 6.45) is 4.43. The van der Waals surface area contributed by atoms with Crippen LogP contribution in [0.25, 0.3) is 34.2 Å². The Hall–Kier alpha value is -5.10. The molecule has 4 aromatic heterocycles. The van der Waals surface area contributed by atoms with E-state index >= 15 is 0 Å². The second-order valence-corrected chi connectivity index (χ2v) is 6.82. The summed E-state index contributed by atoms with van der Waals surface area (Å²) in [4.78, 5) is 14.7. The van der Waals surface area contributed by atoms with Crippen molar-refractivity contribution in [3.63, 3.8) is 0 Å². The zero-order chi connectivity index (χ0) is 22.8. The van der Waals surface area contributed by atoms with Gasteiger partial charge in [-0.1, -0.05) is 0 Å². The summed E-state index contributed by atoms with van der Waals surface area (Å²) in [5.74, 6) is 2.19. The van der Waals surface area contributed by atoms with Crippen LogP contribution in [-0.4, -0.2) is 11.1 Å². The standard InChI is InChI=1S/C24H13N3O6/c25-13-18-22(20-3-1-11-30-20)23(21-4-2-12-31-21)33-24(18)26-14-17-9-10-19(32-17)15-5-7-16(8-6-15)27(28)29/h1-12,14H. The van der Waals surface area contributed by atoms with Crippen LogP contribution in [0.2, 0.25) is 0 Å². The molecule has 0 aliphatic heterocycles. The maximum absolute atomic E-state index is 10.8. The number of nitrogens with zero attached hydrogens (tertiary/aromatic N) is 3. The minimum absolute atomic E-state index is 0.00586. The molecule has 0 amide bonds. The molecule has 0 aliphatic rings. The van der Waals surface area contributed by atoms with E-state index in [4.69, 9.17) is 17.7 Å². The molecule has 4 heterocycles. The lowest BCUT2D eigenvalue weighted by atomic mass is 10.1. The highest BCUT2D eigenvalue weighted by molar-refractivity contribution is 5.86. The van der Waals surface area contributed by atoms with Crippen LogP contribution in [0, 0.1) is 21.4 Å². The molecule has 0 aliphatic carbocycles. The van der Waals surface area contributed by atoms with Crippen molar-refractivity contribution < 1.29 is 22.6 Å². The molecule has 5 rings (SSSR count). The molecule has 5 aromatic rings. The van der Waals surface area contributed by atoms with Gasteiger partial charge in [-0.3, -0.25) is 10.1 Å². The number of non-ortho nitro benzene ring substituents is 1. The Morgan fingerprint density at radius 3 is 2.27 bits per heavy atom. The lowest BCUT2D eigenvalue weighted by Crippen LogP contribution is -1.86. The Kier molecular flexibility index (Phi) is 4.93. The van der Waals surface area contributed by atoms with Gasteiger partial charge in [-0.25, -0.2) is 4.99 Å². The van der Waals surface area contributed by atoms with E-state index < -0.39 is 4.92 Å². The van der Waals surface area contributed by atoms with Gasteiger partial charge in [-0.2, -0.15) is 5.26 Å². The summed E-state index contributed by atoms with van der Waals surface area (Å²) >= 11 is 0. The van der Waals surface area contributed by atoms with Crippen LogP contribution >= 0.6 is 0 Å². The van der Waals surface area contributed by atoms with Crippen molar-refractivity contribution in [1.82, 2.24) is 0 Å². The highest BCUT2D eigenvalue weighted by Crippen LogP contribution is 2.42. The Labute approximate surface area is 186 Å². The highest BCUT2D eigenvalue weighted by Gasteiger charge is 2.26. The van der Waals surface area contributed by atoms with Gasteiger partial charge in [-0.15, -0.1) is 0 Å². The third-order valence-electron chi connectivity index (χ3n) is 4.81. The van der Waals surface area contributed by atoms with E-state index in [9.17, 15) is 15.4 Å². The van der Waals surface area contributed by atoms with Gasteiger partial charge >= 0.3 is 0 Å². The van der Waals surface area contributed by atoms with Crippen LogP contribution < -0.4 is 0 Å².